The van der Waals surface area contributed by atoms with E-state index in [9.17, 15) is 4.79 Å². The Labute approximate surface area is 191 Å². The zero-order valence-corrected chi connectivity index (χ0v) is 18.5. The summed E-state index contributed by atoms with van der Waals surface area (Å²) in [7, 11) is 0. The summed E-state index contributed by atoms with van der Waals surface area (Å²) in [6.07, 6.45) is 8.29. The molecule has 0 aliphatic carbocycles. The lowest BCUT2D eigenvalue weighted by Gasteiger charge is -2.10. The second kappa shape index (κ2) is 10.1. The Bertz CT molecular complexity index is 1180. The first kappa shape index (κ1) is 20.9. The summed E-state index contributed by atoms with van der Waals surface area (Å²) < 4.78 is 2.88. The standard InChI is InChI=1S/C21H16BrN7OS/c22-17-3-5-18(6-4-17)29-20(16-7-10-23-11-8-16)27-28-21(29)31-14-19(30)26-25-13-15-2-1-9-24-12-15/h1-13H,14H2,(H,26,30). The van der Waals surface area contributed by atoms with Crippen LogP contribution in [0.4, 0.5) is 0 Å². The molecule has 0 radical (unpaired) electrons. The summed E-state index contributed by atoms with van der Waals surface area (Å²) in [6, 6.07) is 15.2. The average Bonchev–Trinajstić information content (AvgIpc) is 3.23. The zero-order chi connectivity index (χ0) is 21.5. The maximum atomic E-state index is 12.2. The molecule has 0 aliphatic heterocycles. The third-order valence-corrected chi connectivity index (χ3v) is 5.53. The maximum Gasteiger partial charge on any atom is 0.250 e. The quantitative estimate of drug-likeness (QED) is 0.239. The van der Waals surface area contributed by atoms with Crippen LogP contribution >= 0.6 is 27.7 Å². The molecular formula is C21H16BrN7OS. The number of benzene rings is 1. The van der Waals surface area contributed by atoms with Crippen LogP contribution in [0.25, 0.3) is 17.1 Å². The molecule has 8 nitrogen and oxygen atoms in total. The van der Waals surface area contributed by atoms with Crippen LogP contribution in [-0.2, 0) is 4.79 Å². The molecule has 0 aliphatic rings. The first-order valence-corrected chi connectivity index (χ1v) is 10.9. The summed E-state index contributed by atoms with van der Waals surface area (Å²) in [5.74, 6) is 0.554. The van der Waals surface area contributed by atoms with Crippen molar-refractivity contribution >= 4 is 39.8 Å². The molecule has 4 aromatic rings. The molecule has 1 N–H and O–H groups in total. The Kier molecular flexibility index (Phi) is 6.80. The molecule has 0 saturated carbocycles. The molecule has 10 heteroatoms. The Morgan fingerprint density at radius 2 is 1.87 bits per heavy atom. The van der Waals surface area contributed by atoms with Gasteiger partial charge in [0.15, 0.2) is 11.0 Å². The van der Waals surface area contributed by atoms with Crippen LogP contribution in [0.5, 0.6) is 0 Å². The number of pyridine rings is 2. The molecule has 1 amide bonds. The van der Waals surface area contributed by atoms with Crippen molar-refractivity contribution in [2.75, 3.05) is 5.75 Å². The normalized spacial score (nSPS) is 11.0. The van der Waals surface area contributed by atoms with Crippen LogP contribution in [0.2, 0.25) is 0 Å². The van der Waals surface area contributed by atoms with Gasteiger partial charge in [-0.1, -0.05) is 33.8 Å². The minimum absolute atomic E-state index is 0.134. The van der Waals surface area contributed by atoms with Crippen molar-refractivity contribution in [3.63, 3.8) is 0 Å². The van der Waals surface area contributed by atoms with Crippen LogP contribution in [0.15, 0.2) is 88.0 Å². The van der Waals surface area contributed by atoms with Crippen molar-refractivity contribution in [3.8, 4) is 17.1 Å². The van der Waals surface area contributed by atoms with Crippen molar-refractivity contribution in [2.24, 2.45) is 5.10 Å². The highest BCUT2D eigenvalue weighted by molar-refractivity contribution is 9.10. The lowest BCUT2D eigenvalue weighted by atomic mass is 10.2. The van der Waals surface area contributed by atoms with Crippen molar-refractivity contribution in [3.05, 3.63) is 83.4 Å². The average molecular weight is 494 g/mol. The highest BCUT2D eigenvalue weighted by atomic mass is 79.9. The Morgan fingerprint density at radius 1 is 1.06 bits per heavy atom. The van der Waals surface area contributed by atoms with Gasteiger partial charge < -0.3 is 0 Å². The number of aromatic nitrogens is 5. The van der Waals surface area contributed by atoms with Crippen LogP contribution in [0, 0.1) is 0 Å². The number of carbonyl (C=O) groups excluding carboxylic acids is 1. The molecular weight excluding hydrogens is 478 g/mol. The second-order valence-corrected chi connectivity index (χ2v) is 8.08. The molecule has 1 aromatic carbocycles. The molecule has 31 heavy (non-hydrogen) atoms. The predicted molar refractivity (Wildman–Crippen MR) is 123 cm³/mol. The van der Waals surface area contributed by atoms with Gasteiger partial charge >= 0.3 is 0 Å². The number of thioether (sulfide) groups is 1. The van der Waals surface area contributed by atoms with E-state index in [-0.39, 0.29) is 11.7 Å². The predicted octanol–water partition coefficient (Wildman–Crippen LogP) is 3.73. The molecule has 3 aromatic heterocycles. The number of nitrogens with zero attached hydrogens (tertiary/aromatic N) is 6. The number of nitrogens with one attached hydrogen (secondary N) is 1. The molecule has 3 heterocycles. The molecule has 0 unspecified atom stereocenters. The minimum Gasteiger partial charge on any atom is -0.272 e. The third kappa shape index (κ3) is 5.41. The van der Waals surface area contributed by atoms with E-state index in [2.05, 4.69) is 46.6 Å². The smallest absolute Gasteiger partial charge is 0.250 e. The van der Waals surface area contributed by atoms with Crippen molar-refractivity contribution in [1.82, 2.24) is 30.2 Å². The van der Waals surface area contributed by atoms with Gasteiger partial charge in [0.2, 0.25) is 0 Å². The molecule has 4 rings (SSSR count). The number of amides is 1. The van der Waals surface area contributed by atoms with E-state index >= 15 is 0 Å². The number of rotatable bonds is 7. The van der Waals surface area contributed by atoms with E-state index in [0.717, 1.165) is 21.3 Å². The van der Waals surface area contributed by atoms with Gasteiger partial charge in [-0.25, -0.2) is 5.43 Å². The highest BCUT2D eigenvalue weighted by Crippen LogP contribution is 2.28. The van der Waals surface area contributed by atoms with E-state index in [1.165, 1.54) is 11.8 Å². The van der Waals surface area contributed by atoms with Crippen LogP contribution in [0.1, 0.15) is 5.56 Å². The van der Waals surface area contributed by atoms with Crippen LogP contribution < -0.4 is 5.43 Å². The van der Waals surface area contributed by atoms with E-state index in [1.807, 2.05) is 47.0 Å². The summed E-state index contributed by atoms with van der Waals surface area (Å²) in [4.78, 5) is 20.3. The van der Waals surface area contributed by atoms with Gasteiger partial charge in [-0.15, -0.1) is 10.2 Å². The van der Waals surface area contributed by atoms with Gasteiger partial charge in [0.25, 0.3) is 5.91 Å². The summed E-state index contributed by atoms with van der Waals surface area (Å²) >= 11 is 4.74. The molecule has 0 spiro atoms. The second-order valence-electron chi connectivity index (χ2n) is 6.22. The third-order valence-electron chi connectivity index (χ3n) is 4.08. The summed E-state index contributed by atoms with van der Waals surface area (Å²) in [6.45, 7) is 0. The number of carbonyl (C=O) groups is 1. The van der Waals surface area contributed by atoms with Crippen LogP contribution in [-0.4, -0.2) is 42.6 Å². The minimum atomic E-state index is -0.249. The first-order valence-electron chi connectivity index (χ1n) is 9.17. The topological polar surface area (TPSA) is 98.0 Å². The van der Waals surface area contributed by atoms with Gasteiger partial charge in [0.1, 0.15) is 0 Å². The molecule has 0 fully saturated rings. The van der Waals surface area contributed by atoms with Gasteiger partial charge in [-0.2, -0.15) is 5.10 Å². The van der Waals surface area contributed by atoms with Gasteiger partial charge in [0, 0.05) is 46.1 Å². The lowest BCUT2D eigenvalue weighted by Crippen LogP contribution is -2.20. The van der Waals surface area contributed by atoms with Gasteiger partial charge in [-0.3, -0.25) is 19.3 Å². The molecule has 0 atom stereocenters. The fraction of sp³-hybridized carbons (Fsp3) is 0.0476. The fourth-order valence-corrected chi connectivity index (χ4v) is 3.68. The Balaban J connectivity index is 1.51. The van der Waals surface area contributed by atoms with Crippen molar-refractivity contribution in [2.45, 2.75) is 5.16 Å². The number of hydrogen-bond donors (Lipinski definition) is 1. The first-order chi connectivity index (χ1) is 15.2. The van der Waals surface area contributed by atoms with E-state index in [0.29, 0.717) is 11.0 Å². The van der Waals surface area contributed by atoms with E-state index in [1.54, 1.807) is 37.1 Å². The van der Waals surface area contributed by atoms with Gasteiger partial charge in [0.05, 0.1) is 12.0 Å². The van der Waals surface area contributed by atoms with Gasteiger partial charge in [-0.05, 0) is 42.5 Å². The Hall–Kier alpha value is -3.37. The monoisotopic (exact) mass is 493 g/mol. The number of halogens is 1. The lowest BCUT2D eigenvalue weighted by molar-refractivity contribution is -0.118. The fourth-order valence-electron chi connectivity index (χ4n) is 2.67. The van der Waals surface area contributed by atoms with Crippen molar-refractivity contribution in [1.29, 1.82) is 0 Å². The Morgan fingerprint density at radius 3 is 2.61 bits per heavy atom. The van der Waals surface area contributed by atoms with E-state index in [4.69, 9.17) is 0 Å². The number of hydrogen-bond acceptors (Lipinski definition) is 7. The SMILES string of the molecule is O=C(CSc1nnc(-c2ccncc2)n1-c1ccc(Br)cc1)NN=Cc1cccnc1. The van der Waals surface area contributed by atoms with E-state index < -0.39 is 0 Å². The summed E-state index contributed by atoms with van der Waals surface area (Å²) in [5.41, 5.74) is 5.08. The molecule has 0 bridgehead atoms. The highest BCUT2D eigenvalue weighted by Gasteiger charge is 2.17. The van der Waals surface area contributed by atoms with Crippen LogP contribution in [0.3, 0.4) is 0 Å². The zero-order valence-electron chi connectivity index (χ0n) is 16.1. The van der Waals surface area contributed by atoms with Crippen molar-refractivity contribution < 1.29 is 4.79 Å². The molecule has 0 saturated heterocycles. The molecule has 154 valence electrons. The largest absolute Gasteiger partial charge is 0.272 e. The number of hydrazone groups is 1. The summed E-state index contributed by atoms with van der Waals surface area (Å²) in [5, 5.41) is 13.2. The maximum absolute atomic E-state index is 12.2.